The van der Waals surface area contributed by atoms with Gasteiger partial charge in [-0.1, -0.05) is 35.9 Å². The fourth-order valence-corrected chi connectivity index (χ4v) is 3.20. The van der Waals surface area contributed by atoms with Crippen LogP contribution in [0.3, 0.4) is 0 Å². The van der Waals surface area contributed by atoms with E-state index in [1.54, 1.807) is 0 Å². The van der Waals surface area contributed by atoms with Gasteiger partial charge in [0.15, 0.2) is 17.6 Å². The van der Waals surface area contributed by atoms with E-state index >= 15 is 0 Å². The summed E-state index contributed by atoms with van der Waals surface area (Å²) in [6.07, 6.45) is 0. The van der Waals surface area contributed by atoms with E-state index in [1.165, 1.54) is 31.0 Å². The lowest BCUT2D eigenvalue weighted by Gasteiger charge is -2.15. The van der Waals surface area contributed by atoms with E-state index in [4.69, 9.17) is 4.74 Å². The van der Waals surface area contributed by atoms with Crippen molar-refractivity contribution in [1.82, 2.24) is 5.32 Å². The molecule has 2 N–H and O–H groups in total. The van der Waals surface area contributed by atoms with Crippen LogP contribution in [-0.2, 0) is 15.3 Å². The Morgan fingerprint density at radius 1 is 1.27 bits per heavy atom. The van der Waals surface area contributed by atoms with Crippen LogP contribution in [-0.4, -0.2) is 29.8 Å². The number of carboxylic acid groups (broad SMARTS) is 1. The van der Waals surface area contributed by atoms with Gasteiger partial charge in [0.25, 0.3) is 0 Å². The summed E-state index contributed by atoms with van der Waals surface area (Å²) in [4.78, 5) is 23.5. The highest BCUT2D eigenvalue weighted by Gasteiger charge is 2.23. The van der Waals surface area contributed by atoms with E-state index in [2.05, 4.69) is 5.32 Å². The van der Waals surface area contributed by atoms with Crippen LogP contribution in [0.4, 0.5) is 4.39 Å². The highest BCUT2D eigenvalue weighted by Crippen LogP contribution is 2.22. The van der Waals surface area contributed by atoms with Gasteiger partial charge in [-0.05, 0) is 30.2 Å². The fourth-order valence-electron chi connectivity index (χ4n) is 2.42. The summed E-state index contributed by atoms with van der Waals surface area (Å²) in [6.45, 7) is 1.99. The molecule has 1 atom stereocenters. The Morgan fingerprint density at radius 3 is 2.65 bits per heavy atom. The number of halogens is 1. The predicted molar refractivity (Wildman–Crippen MR) is 98.8 cm³/mol. The Morgan fingerprint density at radius 2 is 2.04 bits per heavy atom. The van der Waals surface area contributed by atoms with E-state index in [1.807, 2.05) is 31.2 Å². The molecule has 7 heteroatoms. The molecule has 0 heterocycles. The quantitative estimate of drug-likeness (QED) is 0.738. The highest BCUT2D eigenvalue weighted by molar-refractivity contribution is 7.99. The zero-order valence-electron chi connectivity index (χ0n) is 14.5. The molecule has 5 nitrogen and oxygen atoms in total. The van der Waals surface area contributed by atoms with Gasteiger partial charge in [-0.15, -0.1) is 11.8 Å². The third kappa shape index (κ3) is 5.49. The summed E-state index contributed by atoms with van der Waals surface area (Å²) in [5.74, 6) is -1.60. The maximum absolute atomic E-state index is 13.8. The van der Waals surface area contributed by atoms with E-state index in [-0.39, 0.29) is 17.1 Å². The lowest BCUT2D eigenvalue weighted by atomic mass is 10.1. The number of carbonyl (C=O) groups excluding carboxylic acids is 1. The van der Waals surface area contributed by atoms with E-state index in [0.29, 0.717) is 5.75 Å². The molecule has 0 aromatic heterocycles. The zero-order chi connectivity index (χ0) is 19.1. The van der Waals surface area contributed by atoms with Crippen molar-refractivity contribution in [3.05, 3.63) is 65.0 Å². The number of ether oxygens (including phenoxy) is 1. The van der Waals surface area contributed by atoms with Crippen LogP contribution < -0.4 is 10.1 Å². The smallest absolute Gasteiger partial charge is 0.330 e. The second kappa shape index (κ2) is 9.24. The van der Waals surface area contributed by atoms with E-state index in [0.717, 1.165) is 17.2 Å². The minimum Gasteiger partial charge on any atom is -0.494 e. The Kier molecular flexibility index (Phi) is 7.03. The van der Waals surface area contributed by atoms with Gasteiger partial charge >= 0.3 is 5.97 Å². The Bertz CT molecular complexity index is 797. The molecule has 2 aromatic carbocycles. The van der Waals surface area contributed by atoms with Crippen molar-refractivity contribution in [2.24, 2.45) is 0 Å². The van der Waals surface area contributed by atoms with Crippen molar-refractivity contribution in [1.29, 1.82) is 0 Å². The molecule has 2 aromatic rings. The maximum Gasteiger partial charge on any atom is 0.330 e. The fraction of sp³-hybridized carbons (Fsp3) is 0.263. The predicted octanol–water partition coefficient (Wildman–Crippen LogP) is 3.32. The SMILES string of the molecule is COc1ccc(C(NC(=O)CSCc2cccc(C)c2)C(=O)O)cc1F. The number of nitrogens with one attached hydrogen (secondary N) is 1. The van der Waals surface area contributed by atoms with E-state index in [9.17, 15) is 19.1 Å². The Hall–Kier alpha value is -2.54. The summed E-state index contributed by atoms with van der Waals surface area (Å²) in [6, 6.07) is 10.4. The number of aryl methyl sites for hydroxylation is 1. The number of rotatable bonds is 8. The van der Waals surface area contributed by atoms with Crippen LogP contribution >= 0.6 is 11.8 Å². The minimum atomic E-state index is -1.32. The lowest BCUT2D eigenvalue weighted by Crippen LogP contribution is -2.35. The number of carbonyl (C=O) groups is 2. The third-order valence-corrected chi connectivity index (χ3v) is 4.65. The number of methoxy groups -OCH3 is 1. The van der Waals surface area contributed by atoms with Gasteiger partial charge < -0.3 is 15.2 Å². The molecule has 1 unspecified atom stereocenters. The van der Waals surface area contributed by atoms with Crippen LogP contribution in [0.15, 0.2) is 42.5 Å². The van der Waals surface area contributed by atoms with Gasteiger partial charge in [0, 0.05) is 5.75 Å². The largest absolute Gasteiger partial charge is 0.494 e. The summed E-state index contributed by atoms with van der Waals surface area (Å²) in [5, 5.41) is 11.8. The molecule has 0 aliphatic heterocycles. The van der Waals surface area contributed by atoms with Crippen LogP contribution in [0, 0.1) is 12.7 Å². The van der Waals surface area contributed by atoms with Crippen molar-refractivity contribution < 1.29 is 23.8 Å². The van der Waals surface area contributed by atoms with Crippen LogP contribution in [0.2, 0.25) is 0 Å². The van der Waals surface area contributed by atoms with Gasteiger partial charge in [0.2, 0.25) is 5.91 Å². The molecule has 2 rings (SSSR count). The number of thioether (sulfide) groups is 1. The second-order valence-electron chi connectivity index (χ2n) is 5.71. The topological polar surface area (TPSA) is 75.6 Å². The van der Waals surface area contributed by atoms with Gasteiger partial charge in [-0.25, -0.2) is 9.18 Å². The summed E-state index contributed by atoms with van der Waals surface area (Å²) in [7, 11) is 1.32. The van der Waals surface area contributed by atoms with Crippen molar-refractivity contribution >= 4 is 23.6 Å². The molecule has 0 fully saturated rings. The molecule has 0 aliphatic carbocycles. The average Bonchev–Trinajstić information content (AvgIpc) is 2.59. The second-order valence-corrected chi connectivity index (χ2v) is 6.70. The zero-order valence-corrected chi connectivity index (χ0v) is 15.3. The highest BCUT2D eigenvalue weighted by atomic mass is 32.2. The Labute approximate surface area is 155 Å². The Balaban J connectivity index is 1.95. The molecule has 0 radical (unpaired) electrons. The maximum atomic E-state index is 13.8. The van der Waals surface area contributed by atoms with Crippen molar-refractivity contribution in [2.45, 2.75) is 18.7 Å². The van der Waals surface area contributed by atoms with Crippen molar-refractivity contribution in [2.75, 3.05) is 12.9 Å². The molecule has 1 amide bonds. The summed E-state index contributed by atoms with van der Waals surface area (Å²) < 4.78 is 18.6. The molecular formula is C19H20FNO4S. The molecule has 0 aliphatic rings. The van der Waals surface area contributed by atoms with Crippen LogP contribution in [0.1, 0.15) is 22.7 Å². The number of carboxylic acids is 1. The van der Waals surface area contributed by atoms with Crippen LogP contribution in [0.25, 0.3) is 0 Å². The summed E-state index contributed by atoms with van der Waals surface area (Å²) in [5.41, 5.74) is 2.38. The molecular weight excluding hydrogens is 357 g/mol. The van der Waals surface area contributed by atoms with Crippen molar-refractivity contribution in [3.63, 3.8) is 0 Å². The first-order valence-electron chi connectivity index (χ1n) is 7.89. The number of hydrogen-bond acceptors (Lipinski definition) is 4. The monoisotopic (exact) mass is 377 g/mol. The average molecular weight is 377 g/mol. The normalized spacial score (nSPS) is 11.7. The molecule has 26 heavy (non-hydrogen) atoms. The third-order valence-electron chi connectivity index (χ3n) is 3.65. The number of hydrogen-bond donors (Lipinski definition) is 2. The first-order valence-corrected chi connectivity index (χ1v) is 9.05. The van der Waals surface area contributed by atoms with Crippen molar-refractivity contribution in [3.8, 4) is 5.75 Å². The van der Waals surface area contributed by atoms with Gasteiger partial charge in [0.05, 0.1) is 12.9 Å². The standard InChI is InChI=1S/C19H20FNO4S/c1-12-4-3-5-13(8-12)10-26-11-17(22)21-18(19(23)24)14-6-7-16(25-2)15(20)9-14/h3-9,18H,10-11H2,1-2H3,(H,21,22)(H,23,24). The van der Waals surface area contributed by atoms with Crippen LogP contribution in [0.5, 0.6) is 5.75 Å². The number of amides is 1. The number of aliphatic carboxylic acids is 1. The summed E-state index contributed by atoms with van der Waals surface area (Å²) >= 11 is 1.38. The van der Waals surface area contributed by atoms with Gasteiger partial charge in [-0.2, -0.15) is 0 Å². The van der Waals surface area contributed by atoms with Gasteiger partial charge in [-0.3, -0.25) is 4.79 Å². The molecule has 0 saturated heterocycles. The molecule has 0 bridgehead atoms. The molecule has 0 spiro atoms. The first kappa shape index (κ1) is 19.8. The van der Waals surface area contributed by atoms with E-state index < -0.39 is 23.7 Å². The molecule has 138 valence electrons. The number of benzene rings is 2. The minimum absolute atomic E-state index is 0.0120. The lowest BCUT2D eigenvalue weighted by molar-refractivity contribution is -0.141. The molecule has 0 saturated carbocycles. The first-order chi connectivity index (χ1) is 12.4. The van der Waals surface area contributed by atoms with Gasteiger partial charge in [0.1, 0.15) is 0 Å².